The summed E-state index contributed by atoms with van der Waals surface area (Å²) in [4.78, 5) is 7.68. The lowest BCUT2D eigenvalue weighted by Gasteiger charge is -2.44. The minimum atomic E-state index is -3.88. The molecule has 100 valence electrons. The van der Waals surface area contributed by atoms with Crippen LogP contribution in [-0.2, 0) is 19.9 Å². The fourth-order valence-electron chi connectivity index (χ4n) is 1.88. The number of hydrogen-bond acceptors (Lipinski definition) is 5. The second-order valence-electron chi connectivity index (χ2n) is 4.22. The van der Waals surface area contributed by atoms with E-state index >= 15 is 0 Å². The van der Waals surface area contributed by atoms with Gasteiger partial charge in [0.2, 0.25) is 0 Å². The van der Waals surface area contributed by atoms with Gasteiger partial charge >= 0.3 is 0 Å². The molecule has 1 saturated carbocycles. The maximum Gasteiger partial charge on any atom is 0.265 e. The number of halogens is 3. The van der Waals surface area contributed by atoms with Crippen LogP contribution in [0.15, 0.2) is 16.9 Å². The Labute approximate surface area is 111 Å². The molecule has 1 heterocycles. The average Bonchev–Trinajstić information content (AvgIpc) is 2.12. The van der Waals surface area contributed by atoms with Gasteiger partial charge in [-0.2, -0.15) is 8.42 Å². The van der Waals surface area contributed by atoms with Gasteiger partial charge in [-0.1, -0.05) is 0 Å². The van der Waals surface area contributed by atoms with Crippen LogP contribution in [0.2, 0.25) is 0 Å². The highest BCUT2D eigenvalue weighted by Gasteiger charge is 2.62. The molecule has 18 heavy (non-hydrogen) atoms. The van der Waals surface area contributed by atoms with Crippen LogP contribution < -0.4 is 0 Å². The maximum atomic E-state index is 13.0. The van der Waals surface area contributed by atoms with Gasteiger partial charge in [0.05, 0.1) is 10.7 Å². The number of rotatable bonds is 3. The Morgan fingerprint density at radius 1 is 1.33 bits per heavy atom. The molecule has 0 radical (unpaired) electrons. The summed E-state index contributed by atoms with van der Waals surface area (Å²) in [6, 6.07) is 0. The van der Waals surface area contributed by atoms with Crippen molar-refractivity contribution in [3.05, 3.63) is 22.7 Å². The predicted octanol–water partition coefficient (Wildman–Crippen LogP) is 1.84. The van der Waals surface area contributed by atoms with E-state index in [1.165, 1.54) is 12.4 Å². The topological polar surface area (TPSA) is 69.2 Å². The van der Waals surface area contributed by atoms with Crippen LogP contribution in [0.25, 0.3) is 0 Å². The minimum Gasteiger partial charge on any atom is -0.255 e. The Kier molecular flexibility index (Phi) is 3.19. The van der Waals surface area contributed by atoms with Crippen molar-refractivity contribution in [2.24, 2.45) is 0 Å². The highest BCUT2D eigenvalue weighted by molar-refractivity contribution is 9.10. The van der Waals surface area contributed by atoms with E-state index in [2.05, 4.69) is 25.9 Å². The highest BCUT2D eigenvalue weighted by atomic mass is 79.9. The molecule has 0 unspecified atom stereocenters. The fourth-order valence-corrected chi connectivity index (χ4v) is 2.85. The van der Waals surface area contributed by atoms with Gasteiger partial charge in [0.25, 0.3) is 16.0 Å². The van der Waals surface area contributed by atoms with Gasteiger partial charge in [0.1, 0.15) is 0 Å². The van der Waals surface area contributed by atoms with Gasteiger partial charge in [-0.15, -0.1) is 0 Å². The predicted molar refractivity (Wildman–Crippen MR) is 61.5 cm³/mol. The van der Waals surface area contributed by atoms with Crippen LogP contribution in [0.1, 0.15) is 18.7 Å². The summed E-state index contributed by atoms with van der Waals surface area (Å²) in [5, 5.41) is 0. The normalized spacial score (nSPS) is 21.3. The molecule has 0 saturated heterocycles. The largest absolute Gasteiger partial charge is 0.265 e. The summed E-state index contributed by atoms with van der Waals surface area (Å²) in [6.07, 6.45) is 2.03. The van der Waals surface area contributed by atoms with Crippen molar-refractivity contribution in [3.8, 4) is 0 Å². The molecule has 5 nitrogen and oxygen atoms in total. The van der Waals surface area contributed by atoms with Gasteiger partial charge in [-0.05, 0) is 15.9 Å². The molecule has 1 aliphatic carbocycles. The molecule has 1 fully saturated rings. The van der Waals surface area contributed by atoms with Gasteiger partial charge in [-0.3, -0.25) is 4.18 Å². The summed E-state index contributed by atoms with van der Waals surface area (Å²) in [7, 11) is -3.88. The van der Waals surface area contributed by atoms with Crippen LogP contribution in [-0.4, -0.2) is 30.6 Å². The fraction of sp³-hybridized carbons (Fsp3) is 0.556. The lowest BCUT2D eigenvalue weighted by atomic mass is 9.76. The number of alkyl halides is 2. The van der Waals surface area contributed by atoms with E-state index in [9.17, 15) is 17.2 Å². The lowest BCUT2D eigenvalue weighted by molar-refractivity contribution is -0.198. The molecule has 1 aliphatic rings. The molecular weight excluding hydrogens is 334 g/mol. The minimum absolute atomic E-state index is 0.0537. The van der Waals surface area contributed by atoms with Crippen LogP contribution in [0.4, 0.5) is 8.78 Å². The first kappa shape index (κ1) is 13.8. The van der Waals surface area contributed by atoms with E-state index in [1.54, 1.807) is 0 Å². The van der Waals surface area contributed by atoms with Crippen molar-refractivity contribution in [2.45, 2.75) is 24.4 Å². The highest BCUT2D eigenvalue weighted by Crippen LogP contribution is 2.53. The first-order valence-electron chi connectivity index (χ1n) is 4.88. The van der Waals surface area contributed by atoms with E-state index in [1.807, 2.05) is 0 Å². The average molecular weight is 343 g/mol. The molecule has 0 aromatic carbocycles. The van der Waals surface area contributed by atoms with Crippen LogP contribution in [0.5, 0.6) is 0 Å². The van der Waals surface area contributed by atoms with Crippen molar-refractivity contribution in [3.63, 3.8) is 0 Å². The van der Waals surface area contributed by atoms with Crippen LogP contribution in [0.3, 0.4) is 0 Å². The van der Waals surface area contributed by atoms with E-state index in [0.29, 0.717) is 4.47 Å². The Balaban J connectivity index is 2.35. The van der Waals surface area contributed by atoms with Crippen molar-refractivity contribution in [2.75, 3.05) is 6.26 Å². The third-order valence-corrected chi connectivity index (χ3v) is 3.46. The third kappa shape index (κ3) is 2.83. The van der Waals surface area contributed by atoms with Crippen molar-refractivity contribution >= 4 is 26.0 Å². The maximum absolute atomic E-state index is 13.0. The van der Waals surface area contributed by atoms with E-state index in [0.717, 1.165) is 6.26 Å². The smallest absolute Gasteiger partial charge is 0.255 e. The third-order valence-electron chi connectivity index (χ3n) is 2.43. The molecule has 0 aliphatic heterocycles. The lowest BCUT2D eigenvalue weighted by Crippen LogP contribution is -2.52. The molecule has 0 bridgehead atoms. The van der Waals surface area contributed by atoms with Gasteiger partial charge in [0, 0.05) is 25.2 Å². The van der Waals surface area contributed by atoms with Crippen LogP contribution in [0, 0.1) is 0 Å². The molecule has 0 amide bonds. The first-order chi connectivity index (χ1) is 8.12. The summed E-state index contributed by atoms with van der Waals surface area (Å²) >= 11 is 3.10. The van der Waals surface area contributed by atoms with E-state index in [-0.39, 0.29) is 5.82 Å². The quantitative estimate of drug-likeness (QED) is 0.784. The van der Waals surface area contributed by atoms with Gasteiger partial charge in [0.15, 0.2) is 11.4 Å². The van der Waals surface area contributed by atoms with Gasteiger partial charge in [-0.25, -0.2) is 18.7 Å². The molecule has 0 N–H and O–H groups in total. The molecule has 0 atom stereocenters. The van der Waals surface area contributed by atoms with Crippen LogP contribution >= 0.6 is 15.9 Å². The molecule has 2 rings (SSSR count). The Hall–Kier alpha value is -0.670. The summed E-state index contributed by atoms with van der Waals surface area (Å²) in [5.74, 6) is -3.01. The van der Waals surface area contributed by atoms with Gasteiger partial charge < -0.3 is 0 Å². The molecule has 1 aromatic heterocycles. The first-order valence-corrected chi connectivity index (χ1v) is 7.49. The Morgan fingerprint density at radius 3 is 2.22 bits per heavy atom. The number of aromatic nitrogens is 2. The summed E-state index contributed by atoms with van der Waals surface area (Å²) in [5.41, 5.74) is -1.65. The van der Waals surface area contributed by atoms with Crippen molar-refractivity contribution in [1.82, 2.24) is 9.97 Å². The molecular formula is C9H9BrF2N2O3S. The number of nitrogens with zero attached hydrogens (tertiary/aromatic N) is 2. The Bertz CT molecular complexity index is 554. The zero-order valence-electron chi connectivity index (χ0n) is 9.23. The van der Waals surface area contributed by atoms with Crippen molar-refractivity contribution < 1.29 is 21.4 Å². The summed E-state index contributed by atoms with van der Waals surface area (Å²) in [6.45, 7) is 0. The number of hydrogen-bond donors (Lipinski definition) is 0. The van der Waals surface area contributed by atoms with Crippen molar-refractivity contribution in [1.29, 1.82) is 0 Å². The molecule has 9 heteroatoms. The Morgan fingerprint density at radius 2 is 1.83 bits per heavy atom. The summed E-state index contributed by atoms with van der Waals surface area (Å²) < 4.78 is 53.7. The zero-order chi connectivity index (χ0) is 13.6. The zero-order valence-corrected chi connectivity index (χ0v) is 11.6. The molecule has 1 aromatic rings. The van der Waals surface area contributed by atoms with E-state index in [4.69, 9.17) is 4.18 Å². The van der Waals surface area contributed by atoms with E-state index < -0.39 is 34.5 Å². The standard InChI is InChI=1S/C9H9BrF2N2O3S/c1-18(15,16)17-8(4-9(11,12)5-8)7-13-2-6(10)3-14-7/h2-3H,4-5H2,1H3. The second kappa shape index (κ2) is 4.17. The SMILES string of the molecule is CS(=O)(=O)OC1(c2ncc(Br)cn2)CC(F)(F)C1. The molecule has 0 spiro atoms. The second-order valence-corrected chi connectivity index (χ2v) is 6.71. The monoisotopic (exact) mass is 342 g/mol.